The van der Waals surface area contributed by atoms with E-state index >= 15 is 0 Å². The van der Waals surface area contributed by atoms with Crippen LogP contribution in [0.25, 0.3) is 11.0 Å². The van der Waals surface area contributed by atoms with E-state index in [0.717, 1.165) is 32.1 Å². The summed E-state index contributed by atoms with van der Waals surface area (Å²) in [5.41, 5.74) is -1.43. The lowest BCUT2D eigenvalue weighted by Gasteiger charge is -2.36. The molecule has 2 aliphatic heterocycles. The molecule has 2 aromatic rings. The van der Waals surface area contributed by atoms with Gasteiger partial charge in [-0.1, -0.05) is 34.1 Å². The Hall–Kier alpha value is -4.35. The number of nitrogens with zero attached hydrogens (tertiary/aromatic N) is 3. The van der Waals surface area contributed by atoms with Gasteiger partial charge in [0, 0.05) is 17.4 Å². The highest BCUT2D eigenvalue weighted by Crippen LogP contribution is 2.73. The standard InChI is InChI=1S/C40H52F2N6O9S/c1-6-23-28-19-48(30(23)33(49)46-40(17-24(40)32(41)42)36(51)47-58(53,54)22-12-13-22)35(50)31(38(2,3)4)45-37(52)57-29-18-39(29)16-20(39)9-7-8-10-26-34(56-28)44-27-15-21(55-5)11-14-25(27)43-26/h11,14-15,20,22-24,28-32H,6-10,12-13,16-19H2,1-5H3,(H,45,52)(H,46,49)(H,47,51)/t20?,23-,24+,28+,29-,30+,31-,39?,40-/m1/s1. The molecule has 1 aromatic heterocycles. The van der Waals surface area contributed by atoms with Crippen LogP contribution < -0.4 is 24.8 Å². The first-order valence-corrected chi connectivity index (χ1v) is 21.9. The monoisotopic (exact) mass is 830 g/mol. The van der Waals surface area contributed by atoms with Crippen LogP contribution in [-0.2, 0) is 35.6 Å². The highest BCUT2D eigenvalue weighted by Gasteiger charge is 2.72. The number of carbonyl (C=O) groups is 4. The van der Waals surface area contributed by atoms with E-state index in [0.29, 0.717) is 47.7 Å². The van der Waals surface area contributed by atoms with Gasteiger partial charge in [-0.2, -0.15) is 0 Å². The van der Waals surface area contributed by atoms with E-state index in [-0.39, 0.29) is 30.4 Å². The Bertz CT molecular complexity index is 2130. The molecule has 5 fully saturated rings. The van der Waals surface area contributed by atoms with Gasteiger partial charge in [0.15, 0.2) is 0 Å². The number of fused-ring (bicyclic) bond motifs is 4. The van der Waals surface area contributed by atoms with E-state index in [1.807, 2.05) is 10.8 Å². The van der Waals surface area contributed by atoms with Gasteiger partial charge in [0.2, 0.25) is 34.1 Å². The molecular formula is C40H52F2N6O9S. The molecule has 4 aliphatic carbocycles. The van der Waals surface area contributed by atoms with Crippen LogP contribution in [0.3, 0.4) is 0 Å². The lowest BCUT2D eigenvalue weighted by Crippen LogP contribution is -2.61. The van der Waals surface area contributed by atoms with Gasteiger partial charge < -0.3 is 29.7 Å². The number of aromatic nitrogens is 2. The molecule has 8 rings (SSSR count). The van der Waals surface area contributed by atoms with Crippen molar-refractivity contribution in [1.82, 2.24) is 30.2 Å². The lowest BCUT2D eigenvalue weighted by atomic mass is 9.85. The molecule has 316 valence electrons. The van der Waals surface area contributed by atoms with Gasteiger partial charge in [-0.25, -0.2) is 32.0 Å². The Morgan fingerprint density at radius 3 is 2.48 bits per heavy atom. The van der Waals surface area contributed by atoms with Gasteiger partial charge in [-0.05, 0) is 81.3 Å². The number of nitrogens with one attached hydrogen (secondary N) is 3. The number of ether oxygens (including phenoxy) is 3. The number of aryl methyl sites for hydroxylation is 1. The zero-order chi connectivity index (χ0) is 41.5. The Balaban J connectivity index is 1.17. The van der Waals surface area contributed by atoms with Crippen LogP contribution in [0.1, 0.15) is 91.2 Å². The Morgan fingerprint density at radius 2 is 1.83 bits per heavy atom. The van der Waals surface area contributed by atoms with Crippen LogP contribution in [0, 0.1) is 28.6 Å². The van der Waals surface area contributed by atoms with Gasteiger partial charge in [0.25, 0.3) is 5.91 Å². The number of rotatable bonds is 8. The van der Waals surface area contributed by atoms with E-state index in [2.05, 4.69) is 10.6 Å². The summed E-state index contributed by atoms with van der Waals surface area (Å²) in [5.74, 6) is -4.04. The first-order chi connectivity index (χ1) is 27.4. The topological polar surface area (TPSA) is 195 Å². The molecule has 58 heavy (non-hydrogen) atoms. The number of amides is 4. The Kier molecular flexibility index (Phi) is 10.1. The fourth-order valence-corrected chi connectivity index (χ4v) is 10.7. The van der Waals surface area contributed by atoms with Crippen LogP contribution in [0.15, 0.2) is 18.2 Å². The predicted molar refractivity (Wildman–Crippen MR) is 204 cm³/mol. The second-order valence-corrected chi connectivity index (χ2v) is 20.2. The van der Waals surface area contributed by atoms with Crippen molar-refractivity contribution in [2.75, 3.05) is 13.7 Å². The van der Waals surface area contributed by atoms with Crippen molar-refractivity contribution in [3.63, 3.8) is 0 Å². The van der Waals surface area contributed by atoms with Gasteiger partial charge >= 0.3 is 6.09 Å². The van der Waals surface area contributed by atoms with Crippen LogP contribution in [0.2, 0.25) is 0 Å². The summed E-state index contributed by atoms with van der Waals surface area (Å²) in [4.78, 5) is 67.6. The summed E-state index contributed by atoms with van der Waals surface area (Å²) in [7, 11) is -2.60. The maximum absolute atomic E-state index is 14.9. The molecule has 6 aliphatic rings. The number of halogens is 2. The molecule has 1 saturated heterocycles. The summed E-state index contributed by atoms with van der Waals surface area (Å²) in [6.07, 6.45) is 0.360. The van der Waals surface area contributed by atoms with Crippen molar-refractivity contribution in [1.29, 1.82) is 0 Å². The Morgan fingerprint density at radius 1 is 1.07 bits per heavy atom. The molecule has 3 heterocycles. The number of sulfonamides is 1. The third kappa shape index (κ3) is 7.42. The number of benzene rings is 1. The maximum Gasteiger partial charge on any atom is 0.408 e. The van der Waals surface area contributed by atoms with Gasteiger partial charge in [0.1, 0.15) is 41.3 Å². The first kappa shape index (κ1) is 40.4. The van der Waals surface area contributed by atoms with E-state index < -0.39 is 92.9 Å². The van der Waals surface area contributed by atoms with E-state index in [1.165, 1.54) is 4.90 Å². The minimum Gasteiger partial charge on any atom is -0.497 e. The predicted octanol–water partition coefficient (Wildman–Crippen LogP) is 4.02. The number of methoxy groups -OCH3 is 1. The minimum absolute atomic E-state index is 0.0427. The van der Waals surface area contributed by atoms with Crippen LogP contribution in [-0.4, -0.2) is 102 Å². The fraction of sp³-hybridized carbons (Fsp3) is 0.700. The van der Waals surface area contributed by atoms with Gasteiger partial charge in [-0.3, -0.25) is 19.1 Å². The summed E-state index contributed by atoms with van der Waals surface area (Å²) in [5, 5.41) is 4.47. The molecular weight excluding hydrogens is 779 g/mol. The fourth-order valence-electron chi connectivity index (χ4n) is 9.32. The summed E-state index contributed by atoms with van der Waals surface area (Å²) in [6, 6.07) is 2.75. The van der Waals surface area contributed by atoms with E-state index in [4.69, 9.17) is 24.2 Å². The normalized spacial score (nSPS) is 33.6. The molecule has 18 heteroatoms. The van der Waals surface area contributed by atoms with Crippen molar-refractivity contribution >= 4 is 44.9 Å². The number of alkyl carbamates (subject to hydrolysis) is 1. The number of hydrogen-bond acceptors (Lipinski definition) is 11. The second-order valence-electron chi connectivity index (χ2n) is 18.2. The van der Waals surface area contributed by atoms with Crippen LogP contribution in [0.5, 0.6) is 11.6 Å². The molecule has 0 radical (unpaired) electrons. The molecule has 15 nitrogen and oxygen atoms in total. The molecule has 2 bridgehead atoms. The molecule has 3 N–H and O–H groups in total. The van der Waals surface area contributed by atoms with E-state index in [1.54, 1.807) is 46.9 Å². The molecule has 2 unspecified atom stereocenters. The highest BCUT2D eigenvalue weighted by molar-refractivity contribution is 7.91. The average Bonchev–Trinajstić information content (AvgIpc) is 4.00. The van der Waals surface area contributed by atoms with Crippen LogP contribution in [0.4, 0.5) is 13.6 Å². The van der Waals surface area contributed by atoms with Crippen molar-refractivity contribution in [2.24, 2.45) is 28.6 Å². The quantitative estimate of drug-likeness (QED) is 0.348. The molecule has 1 spiro atoms. The molecule has 4 amide bonds. The van der Waals surface area contributed by atoms with Crippen molar-refractivity contribution in [3.05, 3.63) is 23.9 Å². The SMILES string of the molecule is CC[C@@H]1[C@@H]2CN(C(=O)[C@H](C(C)(C)C)NC(=O)O[C@@H]3CC34CC4CCCCc3nc4ccc(OC)cc4nc3O2)[C@@H]1C(=O)N[C@]1(C(=O)NS(=O)(=O)C2CC2)C[C@H]1C(F)F. The third-order valence-corrected chi connectivity index (χ3v) is 15.0. The van der Waals surface area contributed by atoms with E-state index in [9.17, 15) is 36.4 Å². The number of carbonyl (C=O) groups excluding carboxylic acids is 4. The largest absolute Gasteiger partial charge is 0.497 e. The minimum atomic E-state index is -4.14. The summed E-state index contributed by atoms with van der Waals surface area (Å²) in [6.45, 7) is 6.90. The average molecular weight is 831 g/mol. The molecule has 9 atom stereocenters. The summed E-state index contributed by atoms with van der Waals surface area (Å²) < 4.78 is 74.1. The molecule has 4 saturated carbocycles. The van der Waals surface area contributed by atoms with Crippen LogP contribution >= 0.6 is 0 Å². The smallest absolute Gasteiger partial charge is 0.408 e. The number of alkyl halides is 2. The van der Waals surface area contributed by atoms with Crippen molar-refractivity contribution in [3.8, 4) is 11.6 Å². The van der Waals surface area contributed by atoms with Gasteiger partial charge in [0.05, 0.1) is 35.9 Å². The third-order valence-electron chi connectivity index (χ3n) is 13.2. The van der Waals surface area contributed by atoms with Gasteiger partial charge in [-0.15, -0.1) is 0 Å². The Labute approximate surface area is 336 Å². The second kappa shape index (κ2) is 14.4. The lowest BCUT2D eigenvalue weighted by molar-refractivity contribution is -0.144. The maximum atomic E-state index is 14.9. The summed E-state index contributed by atoms with van der Waals surface area (Å²) >= 11 is 0. The van der Waals surface area contributed by atoms with Crippen molar-refractivity contribution in [2.45, 2.75) is 133 Å². The number of hydrogen-bond donors (Lipinski definition) is 3. The highest BCUT2D eigenvalue weighted by atomic mass is 32.2. The zero-order valence-corrected chi connectivity index (χ0v) is 34.2. The first-order valence-electron chi connectivity index (χ1n) is 20.4. The molecule has 1 aromatic carbocycles. The zero-order valence-electron chi connectivity index (χ0n) is 33.4. The van der Waals surface area contributed by atoms with Crippen molar-refractivity contribution < 1.29 is 50.6 Å².